The Hall–Kier alpha value is -2.12. The highest BCUT2D eigenvalue weighted by Crippen LogP contribution is 2.36. The average Bonchev–Trinajstić information content (AvgIpc) is 3.15. The zero-order chi connectivity index (χ0) is 17.1. The first kappa shape index (κ1) is 15.4. The minimum absolute atomic E-state index is 0.206. The first-order chi connectivity index (χ1) is 11.4. The monoisotopic (exact) mass is 345 g/mol. The minimum atomic E-state index is -0.256. The Kier molecular flexibility index (Phi) is 3.33. The topological polar surface area (TPSA) is 73.2 Å². The Balaban J connectivity index is 1.99. The third-order valence-electron chi connectivity index (χ3n) is 4.49. The van der Waals surface area contributed by atoms with Gasteiger partial charge in [0.25, 0.3) is 0 Å². The van der Waals surface area contributed by atoms with E-state index in [0.29, 0.717) is 12.4 Å². The van der Waals surface area contributed by atoms with Gasteiger partial charge in [-0.2, -0.15) is 0 Å². The number of hydrogen-bond acceptors (Lipinski definition) is 5. The lowest BCUT2D eigenvalue weighted by molar-refractivity contribution is -0.0379. The number of ether oxygens (including phenoxy) is 1. The molecular formula is C17H19N3O3S. The van der Waals surface area contributed by atoms with E-state index in [4.69, 9.17) is 14.6 Å². The Morgan fingerprint density at radius 3 is 2.92 bits per heavy atom. The second kappa shape index (κ2) is 5.19. The maximum Gasteiger partial charge on any atom is 0.330 e. The van der Waals surface area contributed by atoms with Gasteiger partial charge in [0.1, 0.15) is 16.1 Å². The summed E-state index contributed by atoms with van der Waals surface area (Å²) in [4.78, 5) is 14.7. The molecule has 0 aromatic carbocycles. The molecule has 0 radical (unpaired) electrons. The van der Waals surface area contributed by atoms with Crippen molar-refractivity contribution in [3.05, 3.63) is 50.6 Å². The fourth-order valence-electron chi connectivity index (χ4n) is 3.22. The largest absolute Gasteiger partial charge is 0.467 e. The van der Waals surface area contributed by atoms with Gasteiger partial charge >= 0.3 is 5.69 Å². The predicted octanol–water partition coefficient (Wildman–Crippen LogP) is 2.37. The molecule has 0 saturated carbocycles. The predicted molar refractivity (Wildman–Crippen MR) is 91.3 cm³/mol. The van der Waals surface area contributed by atoms with E-state index in [9.17, 15) is 4.79 Å². The number of rotatable bonds is 2. The highest BCUT2D eigenvalue weighted by atomic mass is 32.1. The van der Waals surface area contributed by atoms with E-state index in [2.05, 4.69) is 13.8 Å². The molecule has 0 unspecified atom stereocenters. The number of thiophene rings is 1. The number of furan rings is 1. The summed E-state index contributed by atoms with van der Waals surface area (Å²) >= 11 is 1.55. The normalized spacial score (nSPS) is 16.5. The molecule has 1 aliphatic rings. The van der Waals surface area contributed by atoms with Crippen molar-refractivity contribution in [1.29, 1.82) is 5.41 Å². The van der Waals surface area contributed by atoms with Gasteiger partial charge < -0.3 is 9.15 Å². The summed E-state index contributed by atoms with van der Waals surface area (Å²) in [6.07, 6.45) is 2.32. The van der Waals surface area contributed by atoms with E-state index in [1.165, 1.54) is 4.57 Å². The molecule has 0 aliphatic carbocycles. The second-order valence-electron chi connectivity index (χ2n) is 6.76. The molecule has 0 spiro atoms. The van der Waals surface area contributed by atoms with Crippen molar-refractivity contribution in [3.63, 3.8) is 0 Å². The molecule has 0 atom stereocenters. The number of nitrogens with one attached hydrogen (secondary N) is 1. The summed E-state index contributed by atoms with van der Waals surface area (Å²) in [7, 11) is 1.76. The fraction of sp³-hybridized carbons (Fsp3) is 0.412. The van der Waals surface area contributed by atoms with Crippen LogP contribution in [0.3, 0.4) is 0 Å². The average molecular weight is 345 g/mol. The Labute approximate surface area is 142 Å². The van der Waals surface area contributed by atoms with Crippen LogP contribution >= 0.6 is 11.3 Å². The van der Waals surface area contributed by atoms with E-state index in [0.717, 1.165) is 27.1 Å². The van der Waals surface area contributed by atoms with Gasteiger partial charge in [0.2, 0.25) is 0 Å². The lowest BCUT2D eigenvalue weighted by atomic mass is 9.94. The van der Waals surface area contributed by atoms with E-state index in [-0.39, 0.29) is 23.3 Å². The standard InChI is InChI=1S/C17H19N3O3S/c1-17(2)7-11-12(9-23-17)24-15-13(11)14(18)20(16(21)19(15)3)8-10-5-4-6-22-10/h4-6,18H,7-9H2,1-3H3. The van der Waals surface area contributed by atoms with Crippen molar-refractivity contribution in [2.24, 2.45) is 7.05 Å². The second-order valence-corrected chi connectivity index (χ2v) is 7.85. The molecule has 0 fully saturated rings. The van der Waals surface area contributed by atoms with Crippen molar-refractivity contribution in [2.75, 3.05) is 0 Å². The molecular weight excluding hydrogens is 326 g/mol. The number of hydrogen-bond donors (Lipinski definition) is 1. The zero-order valence-electron chi connectivity index (χ0n) is 13.9. The summed E-state index contributed by atoms with van der Waals surface area (Å²) in [6, 6.07) is 3.60. The van der Waals surface area contributed by atoms with Gasteiger partial charge in [-0.1, -0.05) is 0 Å². The number of aryl methyl sites for hydroxylation is 1. The van der Waals surface area contributed by atoms with Crippen molar-refractivity contribution in [1.82, 2.24) is 9.13 Å². The van der Waals surface area contributed by atoms with Gasteiger partial charge in [-0.25, -0.2) is 4.79 Å². The molecule has 0 amide bonds. The third-order valence-corrected chi connectivity index (χ3v) is 5.77. The maximum absolute atomic E-state index is 12.7. The molecule has 3 aromatic rings. The van der Waals surface area contributed by atoms with Crippen LogP contribution in [-0.4, -0.2) is 14.7 Å². The van der Waals surface area contributed by atoms with Crippen LogP contribution < -0.4 is 11.2 Å². The molecule has 0 saturated heterocycles. The lowest BCUT2D eigenvalue weighted by Gasteiger charge is -2.30. The van der Waals surface area contributed by atoms with Crippen LogP contribution in [0.1, 0.15) is 30.0 Å². The SMILES string of the molecule is Cn1c(=O)n(Cc2ccco2)c(=N)c2c3c(sc21)COC(C)(C)C3. The van der Waals surface area contributed by atoms with Gasteiger partial charge in [0.15, 0.2) is 0 Å². The molecule has 7 heteroatoms. The van der Waals surface area contributed by atoms with E-state index in [1.807, 2.05) is 6.07 Å². The van der Waals surface area contributed by atoms with Gasteiger partial charge in [-0.05, 0) is 31.5 Å². The molecule has 24 heavy (non-hydrogen) atoms. The Morgan fingerprint density at radius 2 is 2.21 bits per heavy atom. The van der Waals surface area contributed by atoms with Gasteiger partial charge in [0, 0.05) is 18.3 Å². The highest BCUT2D eigenvalue weighted by molar-refractivity contribution is 7.18. The molecule has 126 valence electrons. The highest BCUT2D eigenvalue weighted by Gasteiger charge is 2.30. The minimum Gasteiger partial charge on any atom is -0.467 e. The first-order valence-corrected chi connectivity index (χ1v) is 8.64. The summed E-state index contributed by atoms with van der Waals surface area (Å²) in [5, 5.41) is 9.50. The van der Waals surface area contributed by atoms with Crippen LogP contribution in [0.15, 0.2) is 27.6 Å². The molecule has 0 bridgehead atoms. The third kappa shape index (κ3) is 2.27. The Bertz CT molecular complexity index is 1040. The smallest absolute Gasteiger partial charge is 0.330 e. The molecule has 1 aliphatic heterocycles. The van der Waals surface area contributed by atoms with E-state index >= 15 is 0 Å². The molecule has 6 nitrogen and oxygen atoms in total. The number of fused-ring (bicyclic) bond motifs is 3. The van der Waals surface area contributed by atoms with Crippen LogP contribution in [0.4, 0.5) is 0 Å². The number of aromatic nitrogens is 2. The van der Waals surface area contributed by atoms with Crippen molar-refractivity contribution >= 4 is 21.6 Å². The van der Waals surface area contributed by atoms with Crippen molar-refractivity contribution in [3.8, 4) is 0 Å². The van der Waals surface area contributed by atoms with Crippen LogP contribution in [-0.2, 0) is 31.4 Å². The molecule has 3 aromatic heterocycles. The summed E-state index contributed by atoms with van der Waals surface area (Å²) in [6.45, 7) is 4.91. The zero-order valence-corrected chi connectivity index (χ0v) is 14.7. The van der Waals surface area contributed by atoms with E-state index < -0.39 is 0 Å². The molecule has 4 rings (SSSR count). The maximum atomic E-state index is 12.7. The fourth-order valence-corrected chi connectivity index (χ4v) is 4.41. The van der Waals surface area contributed by atoms with Crippen molar-refractivity contribution < 1.29 is 9.15 Å². The first-order valence-electron chi connectivity index (χ1n) is 7.82. The van der Waals surface area contributed by atoms with Gasteiger partial charge in [0.05, 0.1) is 30.4 Å². The molecule has 4 heterocycles. The van der Waals surface area contributed by atoms with Crippen LogP contribution in [0.25, 0.3) is 10.2 Å². The molecule has 1 N–H and O–H groups in total. The van der Waals surface area contributed by atoms with E-state index in [1.54, 1.807) is 35.3 Å². The summed E-state index contributed by atoms with van der Waals surface area (Å²) in [5.74, 6) is 0.665. The quantitative estimate of drug-likeness (QED) is 0.775. The van der Waals surface area contributed by atoms with Crippen LogP contribution in [0, 0.1) is 5.41 Å². The number of nitrogens with zero attached hydrogens (tertiary/aromatic N) is 2. The van der Waals surface area contributed by atoms with Crippen LogP contribution in [0.5, 0.6) is 0 Å². The van der Waals surface area contributed by atoms with Gasteiger partial charge in [-0.3, -0.25) is 14.5 Å². The van der Waals surface area contributed by atoms with Gasteiger partial charge in [-0.15, -0.1) is 11.3 Å². The lowest BCUT2D eigenvalue weighted by Crippen LogP contribution is -2.39. The van der Waals surface area contributed by atoms with Crippen molar-refractivity contribution in [2.45, 2.75) is 39.0 Å². The summed E-state index contributed by atoms with van der Waals surface area (Å²) in [5.41, 5.74) is 0.927. The summed E-state index contributed by atoms with van der Waals surface area (Å²) < 4.78 is 14.3. The van der Waals surface area contributed by atoms with Crippen LogP contribution in [0.2, 0.25) is 0 Å². The Morgan fingerprint density at radius 1 is 1.42 bits per heavy atom.